The number of amides is 2. The highest BCUT2D eigenvalue weighted by Crippen LogP contribution is 2.41. The number of nitro groups is 1. The second-order valence-electron chi connectivity index (χ2n) is 6.45. The summed E-state index contributed by atoms with van der Waals surface area (Å²) in [5.41, 5.74) is 0.871. The van der Waals surface area contributed by atoms with Crippen LogP contribution in [-0.2, 0) is 9.59 Å². The van der Waals surface area contributed by atoms with Crippen molar-refractivity contribution in [1.29, 1.82) is 0 Å². The van der Waals surface area contributed by atoms with Crippen LogP contribution in [0.5, 0.6) is 17.2 Å². The molecule has 10 nitrogen and oxygen atoms in total. The number of likely N-dealkylation sites (N-methyl/N-ethyl adjacent to an activating group) is 1. The van der Waals surface area contributed by atoms with E-state index in [0.717, 1.165) is 4.90 Å². The number of carbonyl (C=O) groups is 2. The second-order valence-corrected chi connectivity index (χ2v) is 6.45. The van der Waals surface area contributed by atoms with E-state index < -0.39 is 16.7 Å². The second kappa shape index (κ2) is 8.74. The molecule has 1 aliphatic rings. The molecule has 0 atom stereocenters. The summed E-state index contributed by atoms with van der Waals surface area (Å²) in [6.45, 7) is 1.86. The van der Waals surface area contributed by atoms with Gasteiger partial charge in [0, 0.05) is 36.5 Å². The maximum atomic E-state index is 12.9. The lowest BCUT2D eigenvalue weighted by Gasteiger charge is -2.16. The number of nitro benzene ring substituents is 1. The van der Waals surface area contributed by atoms with Crippen LogP contribution in [0.25, 0.3) is 5.57 Å². The van der Waals surface area contributed by atoms with Crippen molar-refractivity contribution in [2.24, 2.45) is 0 Å². The van der Waals surface area contributed by atoms with Crippen LogP contribution < -0.4 is 19.5 Å². The van der Waals surface area contributed by atoms with Crippen molar-refractivity contribution in [3.8, 4) is 17.2 Å². The molecule has 0 aliphatic carbocycles. The molecular weight excluding hydrogens is 406 g/mol. The van der Waals surface area contributed by atoms with E-state index in [4.69, 9.17) is 14.2 Å². The first-order valence-corrected chi connectivity index (χ1v) is 9.28. The molecule has 0 bridgehead atoms. The SMILES string of the molecule is CCN1C(=O)C(Nc2cc(OC)c(OC)c(OC)c2)=C(c2ccc([N+](=O)[O-])cc2)C1=O. The third kappa shape index (κ3) is 3.87. The number of anilines is 1. The molecule has 0 radical (unpaired) electrons. The zero-order chi connectivity index (χ0) is 22.7. The van der Waals surface area contributed by atoms with Gasteiger partial charge in [0.2, 0.25) is 5.75 Å². The van der Waals surface area contributed by atoms with Crippen molar-refractivity contribution in [2.75, 3.05) is 33.2 Å². The normalized spacial score (nSPS) is 13.5. The molecule has 0 saturated heterocycles. The molecule has 2 amide bonds. The van der Waals surface area contributed by atoms with Crippen LogP contribution in [0.1, 0.15) is 12.5 Å². The summed E-state index contributed by atoms with van der Waals surface area (Å²) in [4.78, 5) is 37.4. The van der Waals surface area contributed by atoms with Gasteiger partial charge in [-0.25, -0.2) is 0 Å². The smallest absolute Gasteiger partial charge is 0.278 e. The molecule has 0 fully saturated rings. The van der Waals surface area contributed by atoms with Crippen molar-refractivity contribution in [1.82, 2.24) is 4.90 Å². The fourth-order valence-corrected chi connectivity index (χ4v) is 3.29. The number of carbonyl (C=O) groups excluding carboxylic acids is 2. The highest BCUT2D eigenvalue weighted by molar-refractivity contribution is 6.36. The quantitative estimate of drug-likeness (QED) is 0.388. The Morgan fingerprint density at radius 1 is 0.968 bits per heavy atom. The van der Waals surface area contributed by atoms with E-state index in [1.165, 1.54) is 45.6 Å². The fourth-order valence-electron chi connectivity index (χ4n) is 3.29. The zero-order valence-corrected chi connectivity index (χ0v) is 17.4. The van der Waals surface area contributed by atoms with Crippen LogP contribution in [0, 0.1) is 10.1 Å². The molecule has 0 spiro atoms. The maximum Gasteiger partial charge on any atom is 0.278 e. The fraction of sp³-hybridized carbons (Fsp3) is 0.238. The van der Waals surface area contributed by atoms with Crippen molar-refractivity contribution in [3.63, 3.8) is 0 Å². The number of methoxy groups -OCH3 is 3. The Morgan fingerprint density at radius 2 is 1.55 bits per heavy atom. The van der Waals surface area contributed by atoms with Crippen LogP contribution in [0.2, 0.25) is 0 Å². The van der Waals surface area contributed by atoms with E-state index >= 15 is 0 Å². The summed E-state index contributed by atoms with van der Waals surface area (Å²) >= 11 is 0. The largest absolute Gasteiger partial charge is 0.493 e. The molecule has 0 unspecified atom stereocenters. The van der Waals surface area contributed by atoms with Gasteiger partial charge in [-0.1, -0.05) is 0 Å². The Bertz CT molecular complexity index is 1050. The molecule has 2 aromatic carbocycles. The minimum Gasteiger partial charge on any atom is -0.493 e. The van der Waals surface area contributed by atoms with E-state index in [-0.39, 0.29) is 23.5 Å². The van der Waals surface area contributed by atoms with Gasteiger partial charge < -0.3 is 19.5 Å². The van der Waals surface area contributed by atoms with Gasteiger partial charge in [-0.15, -0.1) is 0 Å². The standard InChI is InChI=1S/C21H21N3O7/c1-5-23-20(25)17(12-6-8-14(9-7-12)24(27)28)18(21(23)26)22-13-10-15(29-2)19(31-4)16(11-13)30-3/h6-11,22H,5H2,1-4H3. The first-order valence-electron chi connectivity index (χ1n) is 9.28. The van der Waals surface area contributed by atoms with Crippen LogP contribution >= 0.6 is 0 Å². The molecule has 1 heterocycles. The van der Waals surface area contributed by atoms with Crippen molar-refractivity contribution >= 4 is 28.8 Å². The Hall–Kier alpha value is -4.08. The van der Waals surface area contributed by atoms with Gasteiger partial charge in [0.1, 0.15) is 5.70 Å². The van der Waals surface area contributed by atoms with Gasteiger partial charge >= 0.3 is 0 Å². The molecule has 162 valence electrons. The molecule has 1 N–H and O–H groups in total. The van der Waals surface area contributed by atoms with Gasteiger partial charge in [0.25, 0.3) is 17.5 Å². The minimum atomic E-state index is -0.535. The number of nitrogens with one attached hydrogen (secondary N) is 1. The number of benzene rings is 2. The van der Waals surface area contributed by atoms with Gasteiger partial charge in [-0.05, 0) is 24.6 Å². The van der Waals surface area contributed by atoms with Gasteiger partial charge in [0.15, 0.2) is 11.5 Å². The number of imide groups is 1. The molecule has 1 aliphatic heterocycles. The topological polar surface area (TPSA) is 120 Å². The van der Waals surface area contributed by atoms with Crippen LogP contribution in [-0.4, -0.2) is 49.5 Å². The lowest BCUT2D eigenvalue weighted by molar-refractivity contribution is -0.384. The molecular formula is C21H21N3O7. The average molecular weight is 427 g/mol. The minimum absolute atomic E-state index is 0.0509. The Kier molecular flexibility index (Phi) is 6.10. The molecule has 10 heteroatoms. The van der Waals surface area contributed by atoms with E-state index in [0.29, 0.717) is 28.5 Å². The summed E-state index contributed by atoms with van der Waals surface area (Å²) in [6, 6.07) is 8.66. The first kappa shape index (κ1) is 21.6. The number of ether oxygens (including phenoxy) is 3. The summed E-state index contributed by atoms with van der Waals surface area (Å²) < 4.78 is 16.0. The Balaban J connectivity index is 2.11. The molecule has 0 aromatic heterocycles. The van der Waals surface area contributed by atoms with Gasteiger partial charge in [-0.3, -0.25) is 24.6 Å². The Labute approximate surface area is 178 Å². The summed E-state index contributed by atoms with van der Waals surface area (Å²) in [7, 11) is 4.40. The van der Waals surface area contributed by atoms with Crippen LogP contribution in [0.3, 0.4) is 0 Å². The van der Waals surface area contributed by atoms with Crippen molar-refractivity contribution in [2.45, 2.75) is 6.92 Å². The van der Waals surface area contributed by atoms with Gasteiger partial charge in [-0.2, -0.15) is 0 Å². The predicted octanol–water partition coefficient (Wildman–Crippen LogP) is 2.83. The number of nitrogens with zero attached hydrogens (tertiary/aromatic N) is 2. The monoisotopic (exact) mass is 427 g/mol. The molecule has 0 saturated carbocycles. The number of hydrogen-bond donors (Lipinski definition) is 1. The summed E-state index contributed by atoms with van der Waals surface area (Å²) in [5, 5.41) is 13.9. The lowest BCUT2D eigenvalue weighted by atomic mass is 10.0. The highest BCUT2D eigenvalue weighted by Gasteiger charge is 2.38. The number of rotatable bonds is 8. The van der Waals surface area contributed by atoms with E-state index in [1.54, 1.807) is 19.1 Å². The predicted molar refractivity (Wildman–Crippen MR) is 112 cm³/mol. The first-order chi connectivity index (χ1) is 14.9. The highest BCUT2D eigenvalue weighted by atomic mass is 16.6. The van der Waals surface area contributed by atoms with E-state index in [9.17, 15) is 19.7 Å². The maximum absolute atomic E-state index is 12.9. The van der Waals surface area contributed by atoms with E-state index in [1.807, 2.05) is 0 Å². The third-order valence-electron chi connectivity index (χ3n) is 4.79. The summed E-state index contributed by atoms with van der Waals surface area (Å²) in [5.74, 6) is 0.118. The summed E-state index contributed by atoms with van der Waals surface area (Å²) in [6.07, 6.45) is 0. The number of hydrogen-bond acceptors (Lipinski definition) is 8. The van der Waals surface area contributed by atoms with Crippen molar-refractivity contribution in [3.05, 3.63) is 57.8 Å². The third-order valence-corrected chi connectivity index (χ3v) is 4.79. The zero-order valence-electron chi connectivity index (χ0n) is 17.4. The number of non-ortho nitro benzene ring substituents is 1. The molecule has 2 aromatic rings. The average Bonchev–Trinajstić information content (AvgIpc) is 3.01. The van der Waals surface area contributed by atoms with Crippen LogP contribution in [0.15, 0.2) is 42.1 Å². The Morgan fingerprint density at radius 3 is 2.00 bits per heavy atom. The van der Waals surface area contributed by atoms with Crippen molar-refractivity contribution < 1.29 is 28.7 Å². The van der Waals surface area contributed by atoms with Crippen LogP contribution in [0.4, 0.5) is 11.4 Å². The van der Waals surface area contributed by atoms with Gasteiger partial charge in [0.05, 0.1) is 31.8 Å². The lowest BCUT2D eigenvalue weighted by Crippen LogP contribution is -2.32. The molecule has 31 heavy (non-hydrogen) atoms. The molecule has 3 rings (SSSR count). The van der Waals surface area contributed by atoms with E-state index in [2.05, 4.69) is 5.32 Å².